The van der Waals surface area contributed by atoms with Crippen LogP contribution in [0.25, 0.3) is 10.2 Å². The number of aromatic nitrogens is 1. The number of halogens is 1. The van der Waals surface area contributed by atoms with Crippen molar-refractivity contribution in [3.8, 4) is 0 Å². The monoisotopic (exact) mass is 490 g/mol. The highest BCUT2D eigenvalue weighted by Crippen LogP contribution is 2.28. The Kier molecular flexibility index (Phi) is 6.30. The van der Waals surface area contributed by atoms with Crippen molar-refractivity contribution in [1.29, 1.82) is 0 Å². The van der Waals surface area contributed by atoms with E-state index >= 15 is 0 Å². The number of nitrogens with zero attached hydrogens (tertiary/aromatic N) is 3. The number of anilines is 1. The van der Waals surface area contributed by atoms with Crippen molar-refractivity contribution >= 4 is 39.2 Å². The highest BCUT2D eigenvalue weighted by atomic mass is 32.1. The fourth-order valence-electron chi connectivity index (χ4n) is 4.54. The smallest absolute Gasteiger partial charge is 0.322 e. The number of carbonyl (C=O) groups excluding carboxylic acids is 2. The Balaban J connectivity index is 1.32. The van der Waals surface area contributed by atoms with Crippen LogP contribution in [0.2, 0.25) is 0 Å². The van der Waals surface area contributed by atoms with Crippen LogP contribution in [-0.4, -0.2) is 52.0 Å². The number of benzene rings is 2. The molecule has 1 N–H and O–H groups in total. The topological polar surface area (TPSA) is 57.6 Å². The van der Waals surface area contributed by atoms with Crippen LogP contribution < -0.4 is 5.32 Å². The summed E-state index contributed by atoms with van der Waals surface area (Å²) in [6.45, 7) is 5.53. The van der Waals surface area contributed by atoms with Gasteiger partial charge < -0.3 is 19.7 Å². The molecule has 35 heavy (non-hydrogen) atoms. The minimum atomic E-state index is -0.286. The van der Waals surface area contributed by atoms with E-state index in [1.165, 1.54) is 17.4 Å². The number of amides is 3. The standard InChI is InChI=1S/C27H27FN4O2S/c1-18-7-9-22(10-8-18)29-27(34)31-13-12-30(16-19(31)2)25(33)24-15-20-11-14-35-26(20)32(24)17-21-5-3-4-6-23(21)28/h3-11,14-15,19H,12-13,16-17H2,1-2H3,(H,29,34). The lowest BCUT2D eigenvalue weighted by atomic mass is 10.1. The molecule has 3 heterocycles. The zero-order valence-corrected chi connectivity index (χ0v) is 20.5. The molecule has 1 saturated heterocycles. The lowest BCUT2D eigenvalue weighted by Crippen LogP contribution is -2.56. The van der Waals surface area contributed by atoms with Crippen molar-refractivity contribution < 1.29 is 14.0 Å². The predicted molar refractivity (Wildman–Crippen MR) is 138 cm³/mol. The van der Waals surface area contributed by atoms with Crippen LogP contribution in [0.5, 0.6) is 0 Å². The third-order valence-corrected chi connectivity index (χ3v) is 7.44. The van der Waals surface area contributed by atoms with E-state index in [1.807, 2.05) is 60.2 Å². The van der Waals surface area contributed by atoms with Crippen LogP contribution in [-0.2, 0) is 6.54 Å². The second kappa shape index (κ2) is 9.54. The van der Waals surface area contributed by atoms with Crippen molar-refractivity contribution in [1.82, 2.24) is 14.4 Å². The van der Waals surface area contributed by atoms with Crippen molar-refractivity contribution in [3.05, 3.63) is 88.7 Å². The molecule has 3 amide bonds. The summed E-state index contributed by atoms with van der Waals surface area (Å²) in [4.78, 5) is 31.0. The summed E-state index contributed by atoms with van der Waals surface area (Å²) in [5.41, 5.74) is 2.96. The molecule has 1 atom stereocenters. The average Bonchev–Trinajstić information content (AvgIpc) is 3.44. The molecule has 1 unspecified atom stereocenters. The summed E-state index contributed by atoms with van der Waals surface area (Å²) in [6.07, 6.45) is 0. The Hall–Kier alpha value is -3.65. The molecule has 0 aliphatic carbocycles. The van der Waals surface area contributed by atoms with E-state index in [9.17, 15) is 14.0 Å². The minimum absolute atomic E-state index is 0.102. The van der Waals surface area contributed by atoms with E-state index in [4.69, 9.17) is 0 Å². The SMILES string of the molecule is Cc1ccc(NC(=O)N2CCN(C(=O)c3cc4ccsc4n3Cc3ccccc3F)CC2C)cc1. The van der Waals surface area contributed by atoms with E-state index in [2.05, 4.69) is 5.32 Å². The third kappa shape index (κ3) is 4.66. The molecule has 0 spiro atoms. The van der Waals surface area contributed by atoms with Crippen LogP contribution in [0.1, 0.15) is 28.5 Å². The second-order valence-electron chi connectivity index (χ2n) is 8.98. The van der Waals surface area contributed by atoms with Crippen molar-refractivity contribution in [2.75, 3.05) is 25.0 Å². The number of piperazine rings is 1. The molecular formula is C27H27FN4O2S. The number of hydrogen-bond donors (Lipinski definition) is 1. The highest BCUT2D eigenvalue weighted by molar-refractivity contribution is 7.16. The summed E-state index contributed by atoms with van der Waals surface area (Å²) in [6, 6.07) is 17.9. The molecule has 1 fully saturated rings. The van der Waals surface area contributed by atoms with Crippen LogP contribution in [0, 0.1) is 12.7 Å². The Morgan fingerprint density at radius 2 is 1.86 bits per heavy atom. The van der Waals surface area contributed by atoms with Gasteiger partial charge in [-0.15, -0.1) is 11.3 Å². The number of aryl methyl sites for hydroxylation is 1. The number of nitrogens with one attached hydrogen (secondary N) is 1. The predicted octanol–water partition coefficient (Wildman–Crippen LogP) is 5.58. The van der Waals surface area contributed by atoms with E-state index in [1.54, 1.807) is 28.0 Å². The summed E-state index contributed by atoms with van der Waals surface area (Å²) in [5.74, 6) is -0.388. The molecule has 1 aliphatic rings. The summed E-state index contributed by atoms with van der Waals surface area (Å²) in [7, 11) is 0. The largest absolute Gasteiger partial charge is 0.334 e. The average molecular weight is 491 g/mol. The number of thiophene rings is 1. The summed E-state index contributed by atoms with van der Waals surface area (Å²) in [5, 5.41) is 5.89. The minimum Gasteiger partial charge on any atom is -0.334 e. The zero-order chi connectivity index (χ0) is 24.5. The van der Waals surface area contributed by atoms with E-state index in [0.29, 0.717) is 30.9 Å². The quantitative estimate of drug-likeness (QED) is 0.406. The van der Waals surface area contributed by atoms with Gasteiger partial charge >= 0.3 is 6.03 Å². The Morgan fingerprint density at radius 3 is 2.60 bits per heavy atom. The van der Waals surface area contributed by atoms with Gasteiger partial charge in [-0.2, -0.15) is 0 Å². The van der Waals surface area contributed by atoms with Gasteiger partial charge in [0.05, 0.1) is 6.54 Å². The first-order chi connectivity index (χ1) is 16.9. The van der Waals surface area contributed by atoms with Gasteiger partial charge in [0.1, 0.15) is 16.3 Å². The fourth-order valence-corrected chi connectivity index (χ4v) is 5.44. The first-order valence-electron chi connectivity index (χ1n) is 11.6. The van der Waals surface area contributed by atoms with Crippen LogP contribution in [0.15, 0.2) is 66.0 Å². The highest BCUT2D eigenvalue weighted by Gasteiger charge is 2.32. The van der Waals surface area contributed by atoms with Gasteiger partial charge in [0.25, 0.3) is 5.91 Å². The van der Waals surface area contributed by atoms with Crippen LogP contribution >= 0.6 is 11.3 Å². The van der Waals surface area contributed by atoms with Crippen LogP contribution in [0.3, 0.4) is 0 Å². The maximum Gasteiger partial charge on any atom is 0.322 e. The lowest BCUT2D eigenvalue weighted by Gasteiger charge is -2.39. The summed E-state index contributed by atoms with van der Waals surface area (Å²) >= 11 is 1.54. The molecule has 0 radical (unpaired) electrons. The van der Waals surface area contributed by atoms with E-state index in [0.717, 1.165) is 21.5 Å². The maximum absolute atomic E-state index is 14.4. The number of fused-ring (bicyclic) bond motifs is 1. The molecule has 6 nitrogen and oxygen atoms in total. The maximum atomic E-state index is 14.4. The van der Waals surface area contributed by atoms with E-state index < -0.39 is 0 Å². The third-order valence-electron chi connectivity index (χ3n) is 6.49. The Morgan fingerprint density at radius 1 is 1.09 bits per heavy atom. The number of urea groups is 1. The van der Waals surface area contributed by atoms with Gasteiger partial charge in [0, 0.05) is 42.3 Å². The molecule has 2 aromatic carbocycles. The molecule has 5 rings (SSSR count). The van der Waals surface area contributed by atoms with Gasteiger partial charge in [-0.1, -0.05) is 35.9 Å². The zero-order valence-electron chi connectivity index (χ0n) is 19.7. The Labute approximate surface area is 207 Å². The molecule has 180 valence electrons. The van der Waals surface area contributed by atoms with Gasteiger partial charge in [0.15, 0.2) is 0 Å². The number of rotatable bonds is 4. The number of carbonyl (C=O) groups is 2. The van der Waals surface area contributed by atoms with Crippen molar-refractivity contribution in [2.45, 2.75) is 26.4 Å². The number of hydrogen-bond acceptors (Lipinski definition) is 3. The molecule has 8 heteroatoms. The Bertz CT molecular complexity index is 1380. The fraction of sp³-hybridized carbons (Fsp3) is 0.259. The summed E-state index contributed by atoms with van der Waals surface area (Å²) < 4.78 is 16.3. The van der Waals surface area contributed by atoms with Crippen LogP contribution in [0.4, 0.5) is 14.9 Å². The van der Waals surface area contributed by atoms with Gasteiger partial charge in [-0.3, -0.25) is 4.79 Å². The van der Waals surface area contributed by atoms with Gasteiger partial charge in [-0.05, 0) is 49.6 Å². The molecule has 2 aromatic heterocycles. The van der Waals surface area contributed by atoms with Gasteiger partial charge in [0.2, 0.25) is 0 Å². The van der Waals surface area contributed by atoms with Gasteiger partial charge in [-0.25, -0.2) is 9.18 Å². The molecule has 0 saturated carbocycles. The first kappa shape index (κ1) is 23.1. The molecule has 4 aromatic rings. The second-order valence-corrected chi connectivity index (χ2v) is 9.87. The van der Waals surface area contributed by atoms with Crippen molar-refractivity contribution in [3.63, 3.8) is 0 Å². The normalized spacial score (nSPS) is 16.0. The van der Waals surface area contributed by atoms with E-state index in [-0.39, 0.29) is 30.3 Å². The lowest BCUT2D eigenvalue weighted by molar-refractivity contribution is 0.0583. The molecule has 0 bridgehead atoms. The van der Waals surface area contributed by atoms with Crippen molar-refractivity contribution in [2.24, 2.45) is 0 Å². The molecule has 1 aliphatic heterocycles. The molecular weight excluding hydrogens is 463 g/mol. The first-order valence-corrected chi connectivity index (χ1v) is 12.5.